The van der Waals surface area contributed by atoms with Crippen LogP contribution in [0.25, 0.3) is 0 Å². The van der Waals surface area contributed by atoms with Crippen molar-refractivity contribution in [3.63, 3.8) is 0 Å². The molecule has 7 nitrogen and oxygen atoms in total. The second-order valence-electron chi connectivity index (χ2n) is 7.53. The zero-order valence-corrected chi connectivity index (χ0v) is 18.7. The maximum atomic E-state index is 12.1. The van der Waals surface area contributed by atoms with E-state index < -0.39 is 0 Å². The van der Waals surface area contributed by atoms with Crippen LogP contribution in [0.2, 0.25) is 0 Å². The second-order valence-corrected chi connectivity index (χ2v) is 8.48. The Bertz CT molecular complexity index is 761. The quantitative estimate of drug-likeness (QED) is 0.308. The number of nitrogens with one attached hydrogen (secondary N) is 1. The van der Waals surface area contributed by atoms with Gasteiger partial charge in [-0.05, 0) is 37.0 Å². The zero-order valence-electron chi connectivity index (χ0n) is 17.9. The van der Waals surface area contributed by atoms with Gasteiger partial charge < -0.3 is 15.9 Å². The van der Waals surface area contributed by atoms with Crippen molar-refractivity contribution in [1.29, 1.82) is 0 Å². The summed E-state index contributed by atoms with van der Waals surface area (Å²) in [7, 11) is 0. The van der Waals surface area contributed by atoms with Crippen LogP contribution < -0.4 is 15.9 Å². The van der Waals surface area contributed by atoms with Crippen LogP contribution in [0.5, 0.6) is 5.75 Å². The zero-order chi connectivity index (χ0) is 21.2. The molecule has 1 heterocycles. The predicted molar refractivity (Wildman–Crippen MR) is 118 cm³/mol. The van der Waals surface area contributed by atoms with Crippen molar-refractivity contribution in [2.75, 3.05) is 11.6 Å². The molecular weight excluding hydrogens is 386 g/mol. The van der Waals surface area contributed by atoms with Crippen molar-refractivity contribution >= 4 is 17.7 Å². The molecule has 29 heavy (non-hydrogen) atoms. The number of rotatable bonds is 12. The van der Waals surface area contributed by atoms with Gasteiger partial charge in [-0.15, -0.1) is 10.2 Å². The maximum Gasteiger partial charge on any atom is 0.230 e. The molecule has 1 unspecified atom stereocenters. The first-order valence-electron chi connectivity index (χ1n) is 10.2. The summed E-state index contributed by atoms with van der Waals surface area (Å²) in [6, 6.07) is 8.16. The second kappa shape index (κ2) is 11.7. The Balaban J connectivity index is 1.79. The Hall–Kier alpha value is -2.22. The highest BCUT2D eigenvalue weighted by Crippen LogP contribution is 2.20. The first kappa shape index (κ1) is 23.1. The van der Waals surface area contributed by atoms with Gasteiger partial charge in [-0.2, -0.15) is 0 Å². The van der Waals surface area contributed by atoms with Gasteiger partial charge in [0.2, 0.25) is 11.1 Å². The lowest BCUT2D eigenvalue weighted by atomic mass is 10.0. The van der Waals surface area contributed by atoms with Crippen LogP contribution in [-0.2, 0) is 11.4 Å². The van der Waals surface area contributed by atoms with Gasteiger partial charge >= 0.3 is 0 Å². The van der Waals surface area contributed by atoms with Crippen molar-refractivity contribution in [2.45, 2.75) is 77.1 Å². The smallest absolute Gasteiger partial charge is 0.230 e. The number of benzene rings is 1. The fourth-order valence-electron chi connectivity index (χ4n) is 2.82. The number of nitrogen functional groups attached to an aromatic ring is 1. The van der Waals surface area contributed by atoms with Gasteiger partial charge in [0, 0.05) is 6.04 Å². The van der Waals surface area contributed by atoms with E-state index in [4.69, 9.17) is 10.6 Å². The fraction of sp³-hybridized carbons (Fsp3) is 0.571. The molecule has 2 aromatic rings. The summed E-state index contributed by atoms with van der Waals surface area (Å²) in [6.07, 6.45) is 4.50. The number of hydrogen-bond donors (Lipinski definition) is 2. The number of ether oxygens (including phenoxy) is 1. The number of nitrogens with two attached hydrogens (primary N) is 1. The van der Waals surface area contributed by atoms with Gasteiger partial charge in [0.15, 0.2) is 5.82 Å². The summed E-state index contributed by atoms with van der Waals surface area (Å²) < 4.78 is 7.13. The number of carbonyl (C=O) groups is 1. The van der Waals surface area contributed by atoms with Crippen molar-refractivity contribution in [2.24, 2.45) is 0 Å². The third-order valence-corrected chi connectivity index (χ3v) is 5.57. The number of amides is 1. The standard InChI is InChI=1S/C21H33N5O2S/c1-5-6-7-8-16(4)23-20(27)14-29-21-25-24-19(26(21)22)13-28-18-11-9-17(10-12-18)15(2)3/h9-12,15-16H,5-8,13-14,22H2,1-4H3,(H,23,27). The molecule has 0 aliphatic rings. The Kier molecular flexibility index (Phi) is 9.31. The Labute approximate surface area is 177 Å². The summed E-state index contributed by atoms with van der Waals surface area (Å²) >= 11 is 1.27. The SMILES string of the molecule is CCCCCC(C)NC(=O)CSc1nnc(COc2ccc(C(C)C)cc2)n1N. The van der Waals surface area contributed by atoms with E-state index in [0.717, 1.165) is 18.6 Å². The van der Waals surface area contributed by atoms with Crippen molar-refractivity contribution in [1.82, 2.24) is 20.2 Å². The van der Waals surface area contributed by atoms with E-state index in [1.165, 1.54) is 34.8 Å². The number of carbonyl (C=O) groups excluding carboxylic acids is 1. The molecule has 1 aromatic carbocycles. The average Bonchev–Trinajstić information content (AvgIpc) is 3.05. The van der Waals surface area contributed by atoms with Gasteiger partial charge in [-0.25, -0.2) is 4.68 Å². The van der Waals surface area contributed by atoms with Crippen LogP contribution in [-0.4, -0.2) is 32.6 Å². The molecule has 1 amide bonds. The van der Waals surface area contributed by atoms with Gasteiger partial charge in [0.25, 0.3) is 0 Å². The van der Waals surface area contributed by atoms with E-state index in [-0.39, 0.29) is 24.3 Å². The normalized spacial score (nSPS) is 12.2. The van der Waals surface area contributed by atoms with Crippen molar-refractivity contribution < 1.29 is 9.53 Å². The number of thioether (sulfide) groups is 1. The van der Waals surface area contributed by atoms with E-state index in [1.807, 2.05) is 19.1 Å². The molecule has 160 valence electrons. The summed E-state index contributed by atoms with van der Waals surface area (Å²) in [5.41, 5.74) is 1.26. The number of aromatic nitrogens is 3. The van der Waals surface area contributed by atoms with Crippen LogP contribution in [0.3, 0.4) is 0 Å². The molecule has 2 rings (SSSR count). The van der Waals surface area contributed by atoms with E-state index >= 15 is 0 Å². The van der Waals surface area contributed by atoms with E-state index in [9.17, 15) is 4.79 Å². The number of hydrogen-bond acceptors (Lipinski definition) is 6. The minimum atomic E-state index is -0.0231. The molecule has 0 fully saturated rings. The minimum absolute atomic E-state index is 0.0231. The molecular formula is C21H33N5O2S. The summed E-state index contributed by atoms with van der Waals surface area (Å²) in [5, 5.41) is 11.6. The summed E-state index contributed by atoms with van der Waals surface area (Å²) in [4.78, 5) is 12.1. The highest BCUT2D eigenvalue weighted by atomic mass is 32.2. The largest absolute Gasteiger partial charge is 0.486 e. The highest BCUT2D eigenvalue weighted by molar-refractivity contribution is 7.99. The number of unbranched alkanes of at least 4 members (excludes halogenated alkanes) is 2. The molecule has 1 aromatic heterocycles. The topological polar surface area (TPSA) is 95.1 Å². The first-order chi connectivity index (χ1) is 13.9. The van der Waals surface area contributed by atoms with Crippen LogP contribution in [0.15, 0.2) is 29.4 Å². The summed E-state index contributed by atoms with van der Waals surface area (Å²) in [6.45, 7) is 8.72. The third-order valence-electron chi connectivity index (χ3n) is 4.63. The van der Waals surface area contributed by atoms with Crippen LogP contribution >= 0.6 is 11.8 Å². The highest BCUT2D eigenvalue weighted by Gasteiger charge is 2.14. The molecule has 0 aliphatic heterocycles. The summed E-state index contributed by atoms with van der Waals surface area (Å²) in [5.74, 6) is 8.03. The van der Waals surface area contributed by atoms with E-state index in [0.29, 0.717) is 16.9 Å². The lowest BCUT2D eigenvalue weighted by Crippen LogP contribution is -2.33. The minimum Gasteiger partial charge on any atom is -0.486 e. The van der Waals surface area contributed by atoms with Gasteiger partial charge in [0.1, 0.15) is 12.4 Å². The lowest BCUT2D eigenvalue weighted by Gasteiger charge is -2.13. The molecule has 1 atom stereocenters. The Morgan fingerprint density at radius 1 is 1.21 bits per heavy atom. The van der Waals surface area contributed by atoms with Crippen molar-refractivity contribution in [3.8, 4) is 5.75 Å². The molecule has 0 saturated heterocycles. The Morgan fingerprint density at radius 3 is 2.59 bits per heavy atom. The monoisotopic (exact) mass is 419 g/mol. The van der Waals surface area contributed by atoms with Crippen LogP contribution in [0, 0.1) is 0 Å². The third kappa shape index (κ3) is 7.61. The Morgan fingerprint density at radius 2 is 1.93 bits per heavy atom. The van der Waals surface area contributed by atoms with E-state index in [1.54, 1.807) is 0 Å². The molecule has 0 spiro atoms. The first-order valence-corrected chi connectivity index (χ1v) is 11.2. The molecule has 0 bridgehead atoms. The lowest BCUT2D eigenvalue weighted by molar-refractivity contribution is -0.119. The predicted octanol–water partition coefficient (Wildman–Crippen LogP) is 3.87. The molecule has 0 aliphatic carbocycles. The molecule has 0 saturated carbocycles. The average molecular weight is 420 g/mol. The fourth-order valence-corrected chi connectivity index (χ4v) is 3.51. The maximum absolute atomic E-state index is 12.1. The van der Waals surface area contributed by atoms with Gasteiger partial charge in [0.05, 0.1) is 5.75 Å². The van der Waals surface area contributed by atoms with Gasteiger partial charge in [-0.3, -0.25) is 4.79 Å². The van der Waals surface area contributed by atoms with E-state index in [2.05, 4.69) is 48.4 Å². The van der Waals surface area contributed by atoms with Gasteiger partial charge in [-0.1, -0.05) is 63.9 Å². The van der Waals surface area contributed by atoms with Crippen LogP contribution in [0.4, 0.5) is 0 Å². The molecule has 3 N–H and O–H groups in total. The molecule has 0 radical (unpaired) electrons. The van der Waals surface area contributed by atoms with Crippen molar-refractivity contribution in [3.05, 3.63) is 35.7 Å². The molecule has 8 heteroatoms. The number of nitrogens with zero attached hydrogens (tertiary/aromatic N) is 3. The van der Waals surface area contributed by atoms with Crippen LogP contribution in [0.1, 0.15) is 70.7 Å².